The minimum atomic E-state index is -3.23. The van der Waals surface area contributed by atoms with Crippen LogP contribution in [0.1, 0.15) is 13.8 Å². The van der Waals surface area contributed by atoms with E-state index in [0.29, 0.717) is 11.5 Å². The van der Waals surface area contributed by atoms with Crippen molar-refractivity contribution in [2.24, 2.45) is 0 Å². The molecule has 26 heavy (non-hydrogen) atoms. The fourth-order valence-electron chi connectivity index (χ4n) is 3.32. The van der Waals surface area contributed by atoms with E-state index >= 15 is 0 Å². The van der Waals surface area contributed by atoms with E-state index in [1.165, 1.54) is 0 Å². The Morgan fingerprint density at radius 2 is 1.38 bits per heavy atom. The van der Waals surface area contributed by atoms with Gasteiger partial charge in [-0.1, -0.05) is 31.2 Å². The van der Waals surface area contributed by atoms with Crippen LogP contribution in [0.3, 0.4) is 0 Å². The fraction of sp³-hybridized carbons (Fsp3) is 0.400. The summed E-state index contributed by atoms with van der Waals surface area (Å²) < 4.78 is 30.6. The Hall–Kier alpha value is -2.21. The zero-order chi connectivity index (χ0) is 18.6. The number of sulfone groups is 1. The van der Waals surface area contributed by atoms with E-state index in [2.05, 4.69) is 15.9 Å². The third kappa shape index (κ3) is 3.80. The molecule has 1 fully saturated rings. The van der Waals surface area contributed by atoms with Crippen molar-refractivity contribution >= 4 is 21.2 Å². The average molecular weight is 375 g/mol. The van der Waals surface area contributed by atoms with Crippen molar-refractivity contribution < 1.29 is 13.2 Å². The molecule has 1 aliphatic rings. The van der Waals surface area contributed by atoms with Gasteiger partial charge < -0.3 is 14.5 Å². The molecule has 0 spiro atoms. The third-order valence-corrected chi connectivity index (χ3v) is 6.48. The molecular formula is C20H26N2O3S. The molecule has 0 radical (unpaired) electrons. The molecule has 0 saturated carbocycles. The van der Waals surface area contributed by atoms with Crippen LogP contribution in [0.2, 0.25) is 0 Å². The lowest BCUT2D eigenvalue weighted by Crippen LogP contribution is -2.47. The standard InChI is InChI=1S/C20H26N2O3S/c1-3-25-19-11-7-5-9-17(19)21-13-15-22(16-14-21)18-10-6-8-12-20(18)26(23,24)4-2/h5-12H,3-4,13-16H2,1-2H3. The summed E-state index contributed by atoms with van der Waals surface area (Å²) in [6.07, 6.45) is 0. The quantitative estimate of drug-likeness (QED) is 0.777. The molecule has 0 aliphatic carbocycles. The number of rotatable bonds is 6. The van der Waals surface area contributed by atoms with Gasteiger partial charge in [0.15, 0.2) is 9.84 Å². The number of para-hydroxylation sites is 3. The summed E-state index contributed by atoms with van der Waals surface area (Å²) >= 11 is 0. The highest BCUT2D eigenvalue weighted by atomic mass is 32.2. The third-order valence-electron chi connectivity index (χ3n) is 4.71. The van der Waals surface area contributed by atoms with E-state index in [4.69, 9.17) is 4.74 Å². The highest BCUT2D eigenvalue weighted by Gasteiger charge is 2.24. The van der Waals surface area contributed by atoms with Gasteiger partial charge in [0.2, 0.25) is 0 Å². The van der Waals surface area contributed by atoms with Gasteiger partial charge in [0.25, 0.3) is 0 Å². The van der Waals surface area contributed by atoms with Gasteiger partial charge in [-0.2, -0.15) is 0 Å². The van der Waals surface area contributed by atoms with Gasteiger partial charge in [-0.05, 0) is 31.2 Å². The molecule has 3 rings (SSSR count). The number of benzene rings is 2. The van der Waals surface area contributed by atoms with Crippen LogP contribution in [-0.2, 0) is 9.84 Å². The minimum Gasteiger partial charge on any atom is -0.492 e. The SMILES string of the molecule is CCOc1ccccc1N1CCN(c2ccccc2S(=O)(=O)CC)CC1. The van der Waals surface area contributed by atoms with Crippen LogP contribution in [0.25, 0.3) is 0 Å². The summed E-state index contributed by atoms with van der Waals surface area (Å²) in [5, 5.41) is 0. The molecule has 0 bridgehead atoms. The molecule has 2 aromatic carbocycles. The van der Waals surface area contributed by atoms with Crippen LogP contribution in [0, 0.1) is 0 Å². The topological polar surface area (TPSA) is 49.9 Å². The Bertz CT molecular complexity index is 844. The molecule has 1 aliphatic heterocycles. The summed E-state index contributed by atoms with van der Waals surface area (Å²) in [4.78, 5) is 4.91. The second kappa shape index (κ2) is 7.99. The van der Waals surface area contributed by atoms with Crippen molar-refractivity contribution in [2.75, 3.05) is 48.3 Å². The molecule has 1 heterocycles. The molecule has 0 amide bonds. The number of hydrogen-bond acceptors (Lipinski definition) is 5. The number of anilines is 2. The molecule has 0 atom stereocenters. The summed E-state index contributed by atoms with van der Waals surface area (Å²) in [6.45, 7) is 7.51. The predicted molar refractivity (Wildman–Crippen MR) is 106 cm³/mol. The van der Waals surface area contributed by atoms with Gasteiger partial charge in [0.1, 0.15) is 5.75 Å². The molecule has 5 nitrogen and oxygen atoms in total. The van der Waals surface area contributed by atoms with E-state index in [1.807, 2.05) is 37.3 Å². The zero-order valence-electron chi connectivity index (χ0n) is 15.4. The van der Waals surface area contributed by atoms with Crippen LogP contribution in [0.4, 0.5) is 11.4 Å². The Morgan fingerprint density at radius 1 is 0.846 bits per heavy atom. The number of ether oxygens (including phenoxy) is 1. The number of nitrogens with zero attached hydrogens (tertiary/aromatic N) is 2. The summed E-state index contributed by atoms with van der Waals surface area (Å²) in [6, 6.07) is 15.4. The van der Waals surface area contributed by atoms with E-state index < -0.39 is 9.84 Å². The average Bonchev–Trinajstić information content (AvgIpc) is 2.69. The number of hydrogen-bond donors (Lipinski definition) is 0. The lowest BCUT2D eigenvalue weighted by molar-refractivity contribution is 0.340. The van der Waals surface area contributed by atoms with Crippen molar-refractivity contribution in [3.05, 3.63) is 48.5 Å². The first-order valence-electron chi connectivity index (χ1n) is 9.10. The Balaban J connectivity index is 1.78. The van der Waals surface area contributed by atoms with Crippen LogP contribution in [-0.4, -0.2) is 47.0 Å². The molecule has 2 aromatic rings. The van der Waals surface area contributed by atoms with E-state index in [-0.39, 0.29) is 5.75 Å². The Labute approximate surface area is 156 Å². The van der Waals surface area contributed by atoms with Crippen molar-refractivity contribution in [3.63, 3.8) is 0 Å². The van der Waals surface area contributed by atoms with Gasteiger partial charge >= 0.3 is 0 Å². The minimum absolute atomic E-state index is 0.117. The van der Waals surface area contributed by atoms with Gasteiger partial charge in [0, 0.05) is 26.2 Å². The Morgan fingerprint density at radius 3 is 2.00 bits per heavy atom. The fourth-order valence-corrected chi connectivity index (χ4v) is 4.43. The summed E-state index contributed by atoms with van der Waals surface area (Å²) in [5.74, 6) is 1.02. The Kier molecular flexibility index (Phi) is 5.71. The summed E-state index contributed by atoms with van der Waals surface area (Å²) in [5.41, 5.74) is 1.91. The second-order valence-electron chi connectivity index (χ2n) is 6.25. The van der Waals surface area contributed by atoms with Gasteiger partial charge in [-0.15, -0.1) is 0 Å². The van der Waals surface area contributed by atoms with Crippen molar-refractivity contribution in [2.45, 2.75) is 18.7 Å². The highest BCUT2D eigenvalue weighted by Crippen LogP contribution is 2.31. The zero-order valence-corrected chi connectivity index (χ0v) is 16.2. The van der Waals surface area contributed by atoms with E-state index in [0.717, 1.165) is 43.3 Å². The second-order valence-corrected chi connectivity index (χ2v) is 8.49. The van der Waals surface area contributed by atoms with Gasteiger partial charge in [-0.3, -0.25) is 0 Å². The van der Waals surface area contributed by atoms with Gasteiger partial charge in [-0.25, -0.2) is 8.42 Å². The monoisotopic (exact) mass is 374 g/mol. The molecule has 1 saturated heterocycles. The first-order valence-corrected chi connectivity index (χ1v) is 10.8. The molecule has 140 valence electrons. The molecule has 0 N–H and O–H groups in total. The normalized spacial score (nSPS) is 15.2. The predicted octanol–water partition coefficient (Wildman–Crippen LogP) is 3.21. The smallest absolute Gasteiger partial charge is 0.180 e. The van der Waals surface area contributed by atoms with Crippen LogP contribution in [0.5, 0.6) is 5.75 Å². The molecule has 0 aromatic heterocycles. The van der Waals surface area contributed by atoms with E-state index in [1.54, 1.807) is 19.1 Å². The van der Waals surface area contributed by atoms with Crippen molar-refractivity contribution in [1.82, 2.24) is 0 Å². The maximum atomic E-state index is 12.4. The largest absolute Gasteiger partial charge is 0.492 e. The lowest BCUT2D eigenvalue weighted by atomic mass is 10.2. The maximum absolute atomic E-state index is 12.4. The molecule has 6 heteroatoms. The lowest BCUT2D eigenvalue weighted by Gasteiger charge is -2.38. The summed E-state index contributed by atoms with van der Waals surface area (Å²) in [7, 11) is -3.23. The van der Waals surface area contributed by atoms with Gasteiger partial charge in [0.05, 0.1) is 28.6 Å². The van der Waals surface area contributed by atoms with Crippen LogP contribution >= 0.6 is 0 Å². The van der Waals surface area contributed by atoms with Crippen molar-refractivity contribution in [1.29, 1.82) is 0 Å². The first-order chi connectivity index (χ1) is 12.6. The number of piperazine rings is 1. The maximum Gasteiger partial charge on any atom is 0.180 e. The van der Waals surface area contributed by atoms with Crippen LogP contribution < -0.4 is 14.5 Å². The molecular weight excluding hydrogens is 348 g/mol. The molecule has 0 unspecified atom stereocenters. The van der Waals surface area contributed by atoms with Crippen molar-refractivity contribution in [3.8, 4) is 5.75 Å². The van der Waals surface area contributed by atoms with E-state index in [9.17, 15) is 8.42 Å². The highest BCUT2D eigenvalue weighted by molar-refractivity contribution is 7.91. The first kappa shape index (κ1) is 18.6. The van der Waals surface area contributed by atoms with Crippen LogP contribution in [0.15, 0.2) is 53.4 Å².